The molecular weight excluding hydrogens is 381 g/mol. The van der Waals surface area contributed by atoms with Gasteiger partial charge in [-0.15, -0.1) is 0 Å². The van der Waals surface area contributed by atoms with Crippen molar-refractivity contribution in [1.29, 1.82) is 0 Å². The molecule has 2 aromatic rings. The molecule has 0 heterocycles. The first kappa shape index (κ1) is 19.9. The molecule has 0 saturated carbocycles. The standard InChI is InChI=1S/C18H17Cl2NO5/c1-10(17(22)21-14-6-5-12(19)9-13(14)20)26-15-7-4-11(18(23)25-3)8-16(15)24-2/h4-10H,1-3H3,(H,21,22)/t10-/m1/s1. The van der Waals surface area contributed by atoms with Crippen molar-refractivity contribution in [1.82, 2.24) is 0 Å². The Labute approximate surface area is 160 Å². The second-order valence-electron chi connectivity index (χ2n) is 5.23. The first-order chi connectivity index (χ1) is 12.3. The van der Waals surface area contributed by atoms with E-state index in [0.29, 0.717) is 32.8 Å². The van der Waals surface area contributed by atoms with Crippen molar-refractivity contribution in [3.05, 3.63) is 52.0 Å². The number of nitrogens with one attached hydrogen (secondary N) is 1. The Morgan fingerprint density at radius 3 is 2.38 bits per heavy atom. The van der Waals surface area contributed by atoms with E-state index in [9.17, 15) is 9.59 Å². The monoisotopic (exact) mass is 397 g/mol. The van der Waals surface area contributed by atoms with Gasteiger partial charge in [0.05, 0.1) is 30.5 Å². The molecule has 1 N–H and O–H groups in total. The predicted molar refractivity (Wildman–Crippen MR) is 99.5 cm³/mol. The molecule has 0 unspecified atom stereocenters. The van der Waals surface area contributed by atoms with Crippen LogP contribution in [0.15, 0.2) is 36.4 Å². The van der Waals surface area contributed by atoms with Crippen LogP contribution >= 0.6 is 23.2 Å². The minimum absolute atomic E-state index is 0.303. The lowest BCUT2D eigenvalue weighted by molar-refractivity contribution is -0.122. The zero-order valence-electron chi connectivity index (χ0n) is 14.3. The molecule has 0 aliphatic heterocycles. The molecule has 0 bridgehead atoms. The molecule has 0 saturated heterocycles. The van der Waals surface area contributed by atoms with Crippen molar-refractivity contribution < 1.29 is 23.8 Å². The van der Waals surface area contributed by atoms with Crippen LogP contribution in [0.3, 0.4) is 0 Å². The number of benzene rings is 2. The molecule has 138 valence electrons. The number of rotatable bonds is 6. The largest absolute Gasteiger partial charge is 0.493 e. The first-order valence-electron chi connectivity index (χ1n) is 7.54. The van der Waals surface area contributed by atoms with E-state index < -0.39 is 18.0 Å². The molecular formula is C18H17Cl2NO5. The van der Waals surface area contributed by atoms with Crippen LogP contribution in [0, 0.1) is 0 Å². The number of hydrogen-bond donors (Lipinski definition) is 1. The molecule has 0 aliphatic rings. The average Bonchev–Trinajstić information content (AvgIpc) is 2.63. The number of carbonyl (C=O) groups excluding carboxylic acids is 2. The maximum atomic E-state index is 12.3. The number of amides is 1. The van der Waals surface area contributed by atoms with E-state index in [2.05, 4.69) is 10.1 Å². The van der Waals surface area contributed by atoms with Crippen LogP contribution in [0.4, 0.5) is 5.69 Å². The third-order valence-electron chi connectivity index (χ3n) is 3.45. The van der Waals surface area contributed by atoms with Crippen molar-refractivity contribution in [2.45, 2.75) is 13.0 Å². The van der Waals surface area contributed by atoms with Crippen LogP contribution in [0.1, 0.15) is 17.3 Å². The summed E-state index contributed by atoms with van der Waals surface area (Å²) in [5, 5.41) is 3.45. The fraction of sp³-hybridized carbons (Fsp3) is 0.222. The third-order valence-corrected chi connectivity index (χ3v) is 3.99. The Morgan fingerprint density at radius 2 is 1.77 bits per heavy atom. The molecule has 0 fully saturated rings. The van der Waals surface area contributed by atoms with E-state index in [4.69, 9.17) is 32.7 Å². The van der Waals surface area contributed by atoms with Crippen LogP contribution in [-0.2, 0) is 9.53 Å². The van der Waals surface area contributed by atoms with Gasteiger partial charge in [-0.3, -0.25) is 4.79 Å². The third kappa shape index (κ3) is 4.80. The first-order valence-corrected chi connectivity index (χ1v) is 8.30. The van der Waals surface area contributed by atoms with Crippen molar-refractivity contribution >= 4 is 40.8 Å². The zero-order chi connectivity index (χ0) is 19.3. The van der Waals surface area contributed by atoms with Gasteiger partial charge in [-0.2, -0.15) is 0 Å². The number of hydrogen-bond acceptors (Lipinski definition) is 5. The number of anilines is 1. The van der Waals surface area contributed by atoms with Gasteiger partial charge in [-0.25, -0.2) is 4.79 Å². The molecule has 2 aromatic carbocycles. The van der Waals surface area contributed by atoms with Crippen LogP contribution in [0.5, 0.6) is 11.5 Å². The Bertz CT molecular complexity index is 825. The van der Waals surface area contributed by atoms with Gasteiger partial charge in [0.1, 0.15) is 0 Å². The van der Waals surface area contributed by atoms with E-state index in [1.54, 1.807) is 19.1 Å². The molecule has 0 aliphatic carbocycles. The molecule has 8 heteroatoms. The number of esters is 1. The summed E-state index contributed by atoms with van der Waals surface area (Å²) in [5.74, 6) is -0.298. The summed E-state index contributed by atoms with van der Waals surface area (Å²) >= 11 is 11.9. The van der Waals surface area contributed by atoms with Gasteiger partial charge in [-0.05, 0) is 43.3 Å². The highest BCUT2D eigenvalue weighted by atomic mass is 35.5. The number of halogens is 2. The van der Waals surface area contributed by atoms with Crippen molar-refractivity contribution in [2.75, 3.05) is 19.5 Å². The highest BCUT2D eigenvalue weighted by molar-refractivity contribution is 6.36. The highest BCUT2D eigenvalue weighted by Crippen LogP contribution is 2.30. The van der Waals surface area contributed by atoms with Gasteiger partial charge in [0.15, 0.2) is 17.6 Å². The summed E-state index contributed by atoms with van der Waals surface area (Å²) in [5.41, 5.74) is 0.728. The summed E-state index contributed by atoms with van der Waals surface area (Å²) in [6.45, 7) is 1.58. The van der Waals surface area contributed by atoms with Crippen LogP contribution in [0.2, 0.25) is 10.0 Å². The molecule has 6 nitrogen and oxygen atoms in total. The normalized spacial score (nSPS) is 11.4. The summed E-state index contributed by atoms with van der Waals surface area (Å²) < 4.78 is 15.5. The summed E-state index contributed by atoms with van der Waals surface area (Å²) in [7, 11) is 2.72. The number of methoxy groups -OCH3 is 2. The lowest BCUT2D eigenvalue weighted by Crippen LogP contribution is -2.30. The van der Waals surface area contributed by atoms with Crippen LogP contribution < -0.4 is 14.8 Å². The predicted octanol–water partition coefficient (Wildman–Crippen LogP) is 4.19. The van der Waals surface area contributed by atoms with Crippen LogP contribution in [0.25, 0.3) is 0 Å². The summed E-state index contributed by atoms with van der Waals surface area (Å²) in [4.78, 5) is 23.9. The quantitative estimate of drug-likeness (QED) is 0.739. The van der Waals surface area contributed by atoms with Gasteiger partial charge >= 0.3 is 5.97 Å². The fourth-order valence-corrected chi connectivity index (χ4v) is 2.53. The van der Waals surface area contributed by atoms with E-state index in [0.717, 1.165) is 0 Å². The van der Waals surface area contributed by atoms with Gasteiger partial charge in [-0.1, -0.05) is 23.2 Å². The van der Waals surface area contributed by atoms with Gasteiger partial charge < -0.3 is 19.5 Å². The van der Waals surface area contributed by atoms with E-state index in [1.165, 1.54) is 38.5 Å². The van der Waals surface area contributed by atoms with Crippen LogP contribution in [-0.4, -0.2) is 32.2 Å². The van der Waals surface area contributed by atoms with Gasteiger partial charge in [0.2, 0.25) is 0 Å². The Hall–Kier alpha value is -2.44. The molecule has 1 amide bonds. The highest BCUT2D eigenvalue weighted by Gasteiger charge is 2.19. The smallest absolute Gasteiger partial charge is 0.337 e. The van der Waals surface area contributed by atoms with E-state index in [1.807, 2.05) is 0 Å². The number of carbonyl (C=O) groups is 2. The van der Waals surface area contributed by atoms with Crippen molar-refractivity contribution in [3.8, 4) is 11.5 Å². The lowest BCUT2D eigenvalue weighted by Gasteiger charge is -2.17. The molecule has 0 aromatic heterocycles. The second kappa shape index (κ2) is 8.78. The van der Waals surface area contributed by atoms with Gasteiger partial charge in [0.25, 0.3) is 5.91 Å². The van der Waals surface area contributed by atoms with E-state index in [-0.39, 0.29) is 0 Å². The molecule has 0 spiro atoms. The molecule has 1 atom stereocenters. The van der Waals surface area contributed by atoms with Gasteiger partial charge in [0, 0.05) is 5.02 Å². The molecule has 2 rings (SSSR count). The maximum absolute atomic E-state index is 12.3. The second-order valence-corrected chi connectivity index (χ2v) is 6.07. The minimum Gasteiger partial charge on any atom is -0.493 e. The maximum Gasteiger partial charge on any atom is 0.337 e. The molecule has 0 radical (unpaired) electrons. The average molecular weight is 398 g/mol. The fourth-order valence-electron chi connectivity index (χ4n) is 2.08. The summed E-state index contributed by atoms with van der Waals surface area (Å²) in [6.07, 6.45) is -0.848. The van der Waals surface area contributed by atoms with E-state index >= 15 is 0 Å². The van der Waals surface area contributed by atoms with Crippen molar-refractivity contribution in [2.24, 2.45) is 0 Å². The minimum atomic E-state index is -0.848. The SMILES string of the molecule is COC(=O)c1ccc(O[C@H](C)C(=O)Nc2ccc(Cl)cc2Cl)c(OC)c1. The Kier molecular flexibility index (Phi) is 6.71. The topological polar surface area (TPSA) is 73.9 Å². The molecule has 26 heavy (non-hydrogen) atoms. The zero-order valence-corrected chi connectivity index (χ0v) is 15.9. The Balaban J connectivity index is 2.11. The summed E-state index contributed by atoms with van der Waals surface area (Å²) in [6, 6.07) is 9.26. The Morgan fingerprint density at radius 1 is 1.04 bits per heavy atom. The van der Waals surface area contributed by atoms with Crippen molar-refractivity contribution in [3.63, 3.8) is 0 Å². The lowest BCUT2D eigenvalue weighted by atomic mass is 10.2. The number of ether oxygens (including phenoxy) is 3.